The monoisotopic (exact) mass is 536 g/mol. The number of hydrogen-bond donors (Lipinski definition) is 3. The summed E-state index contributed by atoms with van der Waals surface area (Å²) in [6.07, 6.45) is -5.29. The van der Waals surface area contributed by atoms with Crippen LogP contribution in [0.2, 0.25) is 0 Å². The molecule has 0 radical (unpaired) electrons. The van der Waals surface area contributed by atoms with E-state index < -0.39 is 30.7 Å². The molecule has 11 heteroatoms. The first kappa shape index (κ1) is 26.2. The summed E-state index contributed by atoms with van der Waals surface area (Å²) in [5.74, 6) is 0.257. The number of carbonyl (C=O) groups excluding carboxylic acids is 1. The molecule has 3 N–H and O–H groups in total. The third kappa shape index (κ3) is 5.87. The van der Waals surface area contributed by atoms with E-state index in [2.05, 4.69) is 31.3 Å². The minimum Gasteiger partial charge on any atom is -0.487 e. The normalized spacial score (nSPS) is 16.4. The number of H-pyrrole nitrogens is 1. The summed E-state index contributed by atoms with van der Waals surface area (Å²) in [7, 11) is 0. The van der Waals surface area contributed by atoms with Gasteiger partial charge in [-0.2, -0.15) is 18.4 Å². The number of carbonyl (C=O) groups is 1. The molecule has 4 aromatic rings. The molecule has 1 aliphatic heterocycles. The predicted octanol–water partition coefficient (Wildman–Crippen LogP) is 7.08. The van der Waals surface area contributed by atoms with E-state index in [0.717, 1.165) is 11.1 Å². The Morgan fingerprint density at radius 3 is 2.46 bits per heavy atom. The highest BCUT2D eigenvalue weighted by atomic mass is 19.4. The van der Waals surface area contributed by atoms with Crippen LogP contribution in [0, 0.1) is 6.92 Å². The van der Waals surface area contributed by atoms with Crippen LogP contribution in [-0.2, 0) is 0 Å². The van der Waals surface area contributed by atoms with Gasteiger partial charge in [-0.1, -0.05) is 48.9 Å². The van der Waals surface area contributed by atoms with Crippen LogP contribution in [0.15, 0.2) is 60.7 Å². The van der Waals surface area contributed by atoms with Crippen molar-refractivity contribution in [3.05, 3.63) is 71.8 Å². The molecule has 1 aliphatic rings. The second-order valence-electron chi connectivity index (χ2n) is 9.49. The van der Waals surface area contributed by atoms with Crippen molar-refractivity contribution in [3.63, 3.8) is 0 Å². The van der Waals surface area contributed by atoms with Crippen molar-refractivity contribution >= 4 is 17.4 Å². The van der Waals surface area contributed by atoms with Gasteiger partial charge < -0.3 is 15.4 Å². The average molecular weight is 537 g/mol. The van der Waals surface area contributed by atoms with E-state index in [-0.39, 0.29) is 6.42 Å². The largest absolute Gasteiger partial charge is 0.487 e. The van der Waals surface area contributed by atoms with E-state index in [1.807, 2.05) is 56.3 Å². The summed E-state index contributed by atoms with van der Waals surface area (Å²) in [5, 5.41) is 19.9. The van der Waals surface area contributed by atoms with E-state index in [9.17, 15) is 18.0 Å². The molecule has 0 spiro atoms. The number of nitrogens with zero attached hydrogens (tertiary/aromatic N) is 3. The Balaban J connectivity index is 1.57. The van der Waals surface area contributed by atoms with Crippen LogP contribution < -0.4 is 15.4 Å². The number of aryl methyl sites for hydroxylation is 1. The van der Waals surface area contributed by atoms with Gasteiger partial charge >= 0.3 is 12.2 Å². The van der Waals surface area contributed by atoms with Gasteiger partial charge in [0.1, 0.15) is 11.9 Å². The van der Waals surface area contributed by atoms with Crippen molar-refractivity contribution in [1.82, 2.24) is 20.6 Å². The Morgan fingerprint density at radius 1 is 1.05 bits per heavy atom. The van der Waals surface area contributed by atoms with E-state index in [4.69, 9.17) is 4.74 Å². The number of amides is 2. The van der Waals surface area contributed by atoms with Crippen molar-refractivity contribution < 1.29 is 22.7 Å². The molecule has 202 valence electrons. The first-order valence-corrected chi connectivity index (χ1v) is 12.6. The van der Waals surface area contributed by atoms with Crippen LogP contribution >= 0.6 is 0 Å². The van der Waals surface area contributed by atoms with Crippen molar-refractivity contribution in [2.45, 2.75) is 51.3 Å². The Morgan fingerprint density at radius 2 is 1.79 bits per heavy atom. The number of aromatic nitrogens is 4. The predicted molar refractivity (Wildman–Crippen MR) is 142 cm³/mol. The summed E-state index contributed by atoms with van der Waals surface area (Å²) in [6, 6.07) is 17.8. The fourth-order valence-corrected chi connectivity index (χ4v) is 4.90. The molecule has 0 bridgehead atoms. The van der Waals surface area contributed by atoms with Gasteiger partial charge in [0, 0.05) is 29.2 Å². The Labute approximate surface area is 223 Å². The number of urea groups is 1. The summed E-state index contributed by atoms with van der Waals surface area (Å²) in [4.78, 5) is 13.0. The number of rotatable bonds is 7. The Hall–Kier alpha value is -4.41. The molecular formula is C28H27F3N6O2. The van der Waals surface area contributed by atoms with Crippen LogP contribution in [0.25, 0.3) is 22.5 Å². The summed E-state index contributed by atoms with van der Waals surface area (Å²) in [5.41, 5.74) is 4.73. The Bertz CT molecular complexity index is 1460. The molecule has 39 heavy (non-hydrogen) atoms. The fraction of sp³-hybridized carbons (Fsp3) is 0.286. The molecule has 2 amide bonds. The van der Waals surface area contributed by atoms with Crippen molar-refractivity contribution in [3.8, 4) is 28.3 Å². The Kier molecular flexibility index (Phi) is 7.23. The highest BCUT2D eigenvalue weighted by Crippen LogP contribution is 2.49. The fourth-order valence-electron chi connectivity index (χ4n) is 4.90. The number of aromatic amines is 1. The summed E-state index contributed by atoms with van der Waals surface area (Å²) < 4.78 is 45.8. The lowest BCUT2D eigenvalue weighted by molar-refractivity contribution is -0.137. The maximum absolute atomic E-state index is 13.2. The van der Waals surface area contributed by atoms with Gasteiger partial charge in [0.15, 0.2) is 0 Å². The molecule has 2 atom stereocenters. The smallest absolute Gasteiger partial charge is 0.389 e. The number of halogens is 3. The van der Waals surface area contributed by atoms with Gasteiger partial charge in [-0.15, -0.1) is 10.2 Å². The van der Waals surface area contributed by atoms with E-state index in [0.29, 0.717) is 46.1 Å². The maximum Gasteiger partial charge on any atom is 0.389 e. The molecule has 2 heterocycles. The van der Waals surface area contributed by atoms with Crippen LogP contribution in [0.3, 0.4) is 0 Å². The number of hydrogen-bond acceptors (Lipinski definition) is 5. The van der Waals surface area contributed by atoms with Gasteiger partial charge in [0.2, 0.25) is 5.82 Å². The van der Waals surface area contributed by atoms with E-state index in [1.54, 1.807) is 18.2 Å². The average Bonchev–Trinajstić information content (AvgIpc) is 3.56. The second kappa shape index (κ2) is 10.8. The molecule has 5 rings (SSSR count). The number of ether oxygens (including phenoxy) is 1. The highest BCUT2D eigenvalue weighted by molar-refractivity contribution is 6.01. The third-order valence-corrected chi connectivity index (χ3v) is 6.76. The number of fused-ring (bicyclic) bond motifs is 1. The number of anilines is 2. The minimum atomic E-state index is -4.29. The first-order chi connectivity index (χ1) is 18.7. The SMILES string of the molecule is CCC1Oc2c(NC(=O)Nc3ccc(C)cc3)cc(-c3ccccc3-c3nn[nH]n3)cc2[C@H]1CCC(F)(F)F. The number of nitrogens with one attached hydrogen (secondary N) is 3. The lowest BCUT2D eigenvalue weighted by Crippen LogP contribution is -2.21. The first-order valence-electron chi connectivity index (χ1n) is 12.6. The topological polar surface area (TPSA) is 105 Å². The summed E-state index contributed by atoms with van der Waals surface area (Å²) in [6.45, 7) is 3.82. The molecule has 0 saturated heterocycles. The molecule has 8 nitrogen and oxygen atoms in total. The van der Waals surface area contributed by atoms with Crippen molar-refractivity contribution in [2.75, 3.05) is 10.6 Å². The second-order valence-corrected chi connectivity index (χ2v) is 9.49. The molecular weight excluding hydrogens is 509 g/mol. The van der Waals surface area contributed by atoms with Gasteiger partial charge in [-0.3, -0.25) is 0 Å². The minimum absolute atomic E-state index is 0.125. The van der Waals surface area contributed by atoms with Gasteiger partial charge in [-0.25, -0.2) is 4.79 Å². The molecule has 0 aliphatic carbocycles. The molecule has 0 saturated carbocycles. The highest BCUT2D eigenvalue weighted by Gasteiger charge is 2.39. The van der Waals surface area contributed by atoms with Gasteiger partial charge in [-0.05, 0) is 60.4 Å². The number of tetrazole rings is 1. The molecule has 1 unspecified atom stereocenters. The van der Waals surface area contributed by atoms with Crippen LogP contribution in [0.1, 0.15) is 43.2 Å². The zero-order valence-electron chi connectivity index (χ0n) is 21.3. The lowest BCUT2D eigenvalue weighted by Gasteiger charge is -2.18. The molecule has 1 aromatic heterocycles. The quantitative estimate of drug-likeness (QED) is 0.234. The number of alkyl halides is 3. The van der Waals surface area contributed by atoms with E-state index in [1.165, 1.54) is 0 Å². The van der Waals surface area contributed by atoms with Gasteiger partial charge in [0.25, 0.3) is 0 Å². The standard InChI is InChI=1S/C28H27F3N6O2/c1-3-24-20(12-13-28(29,30)31)22-14-17(19-6-4-5-7-21(19)26-34-36-37-35-26)15-23(25(22)39-24)33-27(38)32-18-10-8-16(2)9-11-18/h4-11,14-15,20,24H,3,12-13H2,1-2H3,(H2,32,33,38)(H,34,35,36,37)/t20-,24?/m1/s1. The zero-order chi connectivity index (χ0) is 27.6. The van der Waals surface area contributed by atoms with Crippen LogP contribution in [-0.4, -0.2) is 38.9 Å². The zero-order valence-corrected chi connectivity index (χ0v) is 21.3. The maximum atomic E-state index is 13.2. The summed E-state index contributed by atoms with van der Waals surface area (Å²) >= 11 is 0. The van der Waals surface area contributed by atoms with Crippen molar-refractivity contribution in [2.24, 2.45) is 0 Å². The number of benzene rings is 3. The lowest BCUT2D eigenvalue weighted by atomic mass is 9.87. The van der Waals surface area contributed by atoms with Crippen molar-refractivity contribution in [1.29, 1.82) is 0 Å². The van der Waals surface area contributed by atoms with Crippen LogP contribution in [0.5, 0.6) is 5.75 Å². The van der Waals surface area contributed by atoms with E-state index >= 15 is 0 Å². The van der Waals surface area contributed by atoms with Gasteiger partial charge in [0.05, 0.1) is 5.69 Å². The third-order valence-electron chi connectivity index (χ3n) is 6.76. The van der Waals surface area contributed by atoms with Crippen LogP contribution in [0.4, 0.5) is 29.3 Å². The molecule has 0 fully saturated rings. The molecule has 3 aromatic carbocycles.